The van der Waals surface area contributed by atoms with Crippen molar-refractivity contribution >= 4 is 35.7 Å². The maximum atomic E-state index is 13.7. The molecule has 0 radical (unpaired) electrons. The van der Waals surface area contributed by atoms with Gasteiger partial charge in [-0.3, -0.25) is 4.79 Å². The third kappa shape index (κ3) is 5.46. The number of nitrogens with zero attached hydrogens (tertiary/aromatic N) is 3. The first kappa shape index (κ1) is 21.7. The fourth-order valence-corrected chi connectivity index (χ4v) is 6.08. The van der Waals surface area contributed by atoms with Gasteiger partial charge in [0, 0.05) is 50.5 Å². The van der Waals surface area contributed by atoms with Crippen molar-refractivity contribution in [2.24, 2.45) is 3.77 Å². The summed E-state index contributed by atoms with van der Waals surface area (Å²) in [5, 5.41) is 0. The van der Waals surface area contributed by atoms with Crippen LogP contribution in [-0.2, 0) is 29.8 Å². The SMILES string of the molecule is CS(=O)(=O)c1cc(C(=O)N2CCN(S(=O)(=O)N=S(C)(C)=O)CC2)ccc1F. The van der Waals surface area contributed by atoms with Crippen LogP contribution < -0.4 is 0 Å². The van der Waals surface area contributed by atoms with Gasteiger partial charge >= 0.3 is 10.2 Å². The lowest BCUT2D eigenvalue weighted by molar-refractivity contribution is 0.0697. The molecule has 0 N–H and O–H groups in total. The predicted molar refractivity (Wildman–Crippen MR) is 98.3 cm³/mol. The van der Waals surface area contributed by atoms with Crippen molar-refractivity contribution < 1.29 is 30.2 Å². The number of amides is 1. The molecular weight excluding hydrogens is 421 g/mol. The molecule has 1 amide bonds. The summed E-state index contributed by atoms with van der Waals surface area (Å²) in [6, 6.07) is 3.05. The monoisotopic (exact) mass is 441 g/mol. The summed E-state index contributed by atoms with van der Waals surface area (Å²) in [5.74, 6) is -1.49. The fraction of sp³-hybridized carbons (Fsp3) is 0.500. The molecule has 1 saturated heterocycles. The number of carbonyl (C=O) groups excluding carboxylic acids is 1. The summed E-state index contributed by atoms with van der Waals surface area (Å²) < 4.78 is 77.1. The van der Waals surface area contributed by atoms with Gasteiger partial charge in [0.05, 0.1) is 9.73 Å². The zero-order chi connectivity index (χ0) is 20.6. The summed E-state index contributed by atoms with van der Waals surface area (Å²) in [6.07, 6.45) is 3.25. The van der Waals surface area contributed by atoms with Gasteiger partial charge in [-0.2, -0.15) is 12.7 Å². The van der Waals surface area contributed by atoms with Crippen molar-refractivity contribution in [3.05, 3.63) is 29.6 Å². The molecule has 2 rings (SSSR count). The second-order valence-electron chi connectivity index (χ2n) is 6.34. The Labute approximate surface area is 158 Å². The van der Waals surface area contributed by atoms with Crippen LogP contribution in [0.3, 0.4) is 0 Å². The van der Waals surface area contributed by atoms with Gasteiger partial charge in [0.25, 0.3) is 5.91 Å². The summed E-state index contributed by atoms with van der Waals surface area (Å²) >= 11 is 0. The molecule has 0 bridgehead atoms. The standard InChI is InChI=1S/C14H20FN3O6S3/c1-25(2,20)16-27(23,24)18-8-6-17(7-9-18)14(19)11-4-5-12(15)13(10-11)26(3,21)22/h4-5,10H,6-9H2,1-3H3. The molecule has 1 aromatic rings. The van der Waals surface area contributed by atoms with E-state index < -0.39 is 46.4 Å². The largest absolute Gasteiger partial charge is 0.336 e. The van der Waals surface area contributed by atoms with Crippen molar-refractivity contribution in [3.8, 4) is 0 Å². The fourth-order valence-electron chi connectivity index (χ4n) is 2.50. The van der Waals surface area contributed by atoms with E-state index in [1.165, 1.54) is 23.5 Å². The zero-order valence-corrected chi connectivity index (χ0v) is 17.4. The second kappa shape index (κ2) is 7.45. The molecule has 1 aliphatic heterocycles. The lowest BCUT2D eigenvalue weighted by Crippen LogP contribution is -2.50. The number of piperazine rings is 1. The molecule has 13 heteroatoms. The quantitative estimate of drug-likeness (QED) is 0.646. The first-order valence-electron chi connectivity index (χ1n) is 7.68. The molecular formula is C14H20FN3O6S3. The minimum atomic E-state index is -4.07. The van der Waals surface area contributed by atoms with Crippen LogP contribution in [0.25, 0.3) is 0 Å². The Morgan fingerprint density at radius 1 is 1.00 bits per heavy atom. The van der Waals surface area contributed by atoms with Crippen molar-refractivity contribution in [2.45, 2.75) is 4.90 Å². The Balaban J connectivity index is 2.18. The van der Waals surface area contributed by atoms with Gasteiger partial charge in [0.15, 0.2) is 9.84 Å². The Morgan fingerprint density at radius 2 is 1.56 bits per heavy atom. The van der Waals surface area contributed by atoms with E-state index in [0.717, 1.165) is 22.7 Å². The number of carbonyl (C=O) groups is 1. The van der Waals surface area contributed by atoms with Crippen LogP contribution in [0.15, 0.2) is 26.9 Å². The Kier molecular flexibility index (Phi) is 5.99. The molecule has 9 nitrogen and oxygen atoms in total. The summed E-state index contributed by atoms with van der Waals surface area (Å²) in [4.78, 5) is 13.3. The predicted octanol–water partition coefficient (Wildman–Crippen LogP) is -0.0406. The number of sulfone groups is 1. The highest BCUT2D eigenvalue weighted by molar-refractivity contribution is 8.01. The summed E-state index contributed by atoms with van der Waals surface area (Å²) in [7, 11) is -10.8. The minimum absolute atomic E-state index is 0.0112. The van der Waals surface area contributed by atoms with E-state index >= 15 is 0 Å². The first-order chi connectivity index (χ1) is 12.2. The van der Waals surface area contributed by atoms with Gasteiger partial charge in [-0.15, -0.1) is 0 Å². The molecule has 0 unspecified atom stereocenters. The average molecular weight is 442 g/mol. The third-order valence-electron chi connectivity index (χ3n) is 3.70. The van der Waals surface area contributed by atoms with Crippen molar-refractivity contribution in [1.29, 1.82) is 0 Å². The van der Waals surface area contributed by atoms with Crippen molar-refractivity contribution in [1.82, 2.24) is 9.21 Å². The minimum Gasteiger partial charge on any atom is -0.336 e. The van der Waals surface area contributed by atoms with E-state index in [4.69, 9.17) is 0 Å². The van der Waals surface area contributed by atoms with Crippen molar-refractivity contribution in [2.75, 3.05) is 44.9 Å². The third-order valence-corrected chi connectivity index (χ3v) is 8.02. The number of hydrogen-bond donors (Lipinski definition) is 0. The Morgan fingerprint density at radius 3 is 2.04 bits per heavy atom. The number of hydrogen-bond acceptors (Lipinski definition) is 6. The average Bonchev–Trinajstić information content (AvgIpc) is 2.51. The number of rotatable bonds is 4. The van der Waals surface area contributed by atoms with Gasteiger partial charge in [-0.05, 0) is 18.2 Å². The van der Waals surface area contributed by atoms with Crippen LogP contribution in [0, 0.1) is 5.82 Å². The lowest BCUT2D eigenvalue weighted by Gasteiger charge is -2.33. The van der Waals surface area contributed by atoms with Crippen LogP contribution in [-0.4, -0.2) is 81.1 Å². The topological polar surface area (TPSA) is 121 Å². The summed E-state index contributed by atoms with van der Waals surface area (Å²) in [6.45, 7) is -0.0258. The van der Waals surface area contributed by atoms with Crippen LogP contribution in [0.4, 0.5) is 4.39 Å². The Bertz CT molecular complexity index is 1080. The normalized spacial score (nSPS) is 17.0. The molecule has 0 aliphatic carbocycles. The number of benzene rings is 1. The van der Waals surface area contributed by atoms with E-state index in [0.29, 0.717) is 0 Å². The van der Waals surface area contributed by atoms with Gasteiger partial charge in [-0.25, -0.2) is 17.0 Å². The smallest absolute Gasteiger partial charge is 0.330 e. The molecule has 0 atom stereocenters. The van der Waals surface area contributed by atoms with Crippen molar-refractivity contribution in [3.63, 3.8) is 0 Å². The Hall–Kier alpha value is -1.57. The van der Waals surface area contributed by atoms with Crippen LogP contribution >= 0.6 is 0 Å². The van der Waals surface area contributed by atoms with E-state index in [9.17, 15) is 30.2 Å². The second-order valence-corrected chi connectivity index (χ2v) is 12.7. The van der Waals surface area contributed by atoms with Gasteiger partial charge in [0.2, 0.25) is 0 Å². The molecule has 1 aromatic carbocycles. The van der Waals surface area contributed by atoms with E-state index in [1.54, 1.807) is 0 Å². The van der Waals surface area contributed by atoms with Gasteiger partial charge in [-0.1, -0.05) is 3.77 Å². The number of halogens is 1. The van der Waals surface area contributed by atoms with E-state index in [-0.39, 0.29) is 31.7 Å². The molecule has 152 valence electrons. The highest BCUT2D eigenvalue weighted by atomic mass is 32.3. The molecule has 0 aromatic heterocycles. The molecule has 1 fully saturated rings. The molecule has 0 spiro atoms. The van der Waals surface area contributed by atoms with Gasteiger partial charge < -0.3 is 4.90 Å². The van der Waals surface area contributed by atoms with Crippen LogP contribution in [0.2, 0.25) is 0 Å². The highest BCUT2D eigenvalue weighted by Crippen LogP contribution is 2.19. The molecule has 1 heterocycles. The lowest BCUT2D eigenvalue weighted by atomic mass is 10.2. The highest BCUT2D eigenvalue weighted by Gasteiger charge is 2.30. The van der Waals surface area contributed by atoms with E-state index in [1.807, 2.05) is 0 Å². The molecule has 0 saturated carbocycles. The molecule has 1 aliphatic rings. The molecule has 27 heavy (non-hydrogen) atoms. The van der Waals surface area contributed by atoms with Crippen LogP contribution in [0.5, 0.6) is 0 Å². The summed E-state index contributed by atoms with van der Waals surface area (Å²) in [5.41, 5.74) is -0.0112. The van der Waals surface area contributed by atoms with E-state index in [2.05, 4.69) is 3.77 Å². The first-order valence-corrected chi connectivity index (χ1v) is 13.3. The zero-order valence-electron chi connectivity index (χ0n) is 15.0. The maximum absolute atomic E-state index is 13.7. The van der Waals surface area contributed by atoms with Gasteiger partial charge in [0.1, 0.15) is 10.7 Å². The maximum Gasteiger partial charge on any atom is 0.330 e. The van der Waals surface area contributed by atoms with Crippen LogP contribution in [0.1, 0.15) is 10.4 Å².